The SMILES string of the molecule is CC1(COc2cccc(Cl)c2)CO1. The van der Waals surface area contributed by atoms with Crippen LogP contribution in [0.5, 0.6) is 5.75 Å². The van der Waals surface area contributed by atoms with Crippen LogP contribution in [-0.2, 0) is 4.74 Å². The molecule has 1 fully saturated rings. The van der Waals surface area contributed by atoms with E-state index in [1.807, 2.05) is 25.1 Å². The zero-order valence-electron chi connectivity index (χ0n) is 7.42. The van der Waals surface area contributed by atoms with Crippen molar-refractivity contribution >= 4 is 11.6 Å². The summed E-state index contributed by atoms with van der Waals surface area (Å²) in [5.74, 6) is 0.796. The Bertz CT molecular complexity index is 308. The van der Waals surface area contributed by atoms with Crippen LogP contribution in [0.4, 0.5) is 0 Å². The molecule has 0 amide bonds. The largest absolute Gasteiger partial charge is 0.490 e. The average molecular weight is 199 g/mol. The standard InChI is InChI=1S/C10H11ClO2/c1-10(7-13-10)6-12-9-4-2-3-8(11)5-9/h2-5H,6-7H2,1H3. The summed E-state index contributed by atoms with van der Waals surface area (Å²) in [6, 6.07) is 7.38. The maximum Gasteiger partial charge on any atom is 0.123 e. The zero-order valence-corrected chi connectivity index (χ0v) is 8.17. The minimum absolute atomic E-state index is 0.0671. The molecule has 1 unspecified atom stereocenters. The third-order valence-electron chi connectivity index (χ3n) is 1.98. The molecule has 1 aromatic rings. The van der Waals surface area contributed by atoms with Gasteiger partial charge in [0, 0.05) is 5.02 Å². The van der Waals surface area contributed by atoms with Crippen LogP contribution < -0.4 is 4.74 Å². The molecule has 3 heteroatoms. The molecule has 0 radical (unpaired) electrons. The monoisotopic (exact) mass is 198 g/mol. The first kappa shape index (κ1) is 8.85. The van der Waals surface area contributed by atoms with Crippen molar-refractivity contribution in [3.63, 3.8) is 0 Å². The van der Waals surface area contributed by atoms with Gasteiger partial charge in [-0.05, 0) is 25.1 Å². The predicted octanol–water partition coefficient (Wildman–Crippen LogP) is 2.51. The Balaban J connectivity index is 1.94. The first-order valence-corrected chi connectivity index (χ1v) is 4.58. The number of benzene rings is 1. The molecule has 0 aromatic heterocycles. The van der Waals surface area contributed by atoms with Gasteiger partial charge in [0.25, 0.3) is 0 Å². The summed E-state index contributed by atoms with van der Waals surface area (Å²) in [4.78, 5) is 0. The summed E-state index contributed by atoms with van der Waals surface area (Å²) >= 11 is 5.80. The molecule has 0 N–H and O–H groups in total. The van der Waals surface area contributed by atoms with Gasteiger partial charge < -0.3 is 9.47 Å². The number of hydrogen-bond acceptors (Lipinski definition) is 2. The van der Waals surface area contributed by atoms with Crippen molar-refractivity contribution in [2.45, 2.75) is 12.5 Å². The molecule has 1 aliphatic rings. The minimum Gasteiger partial charge on any atom is -0.490 e. The van der Waals surface area contributed by atoms with Crippen LogP contribution in [0.3, 0.4) is 0 Å². The highest BCUT2D eigenvalue weighted by molar-refractivity contribution is 6.30. The average Bonchev–Trinajstić information content (AvgIpc) is 2.82. The Kier molecular flexibility index (Phi) is 2.18. The highest BCUT2D eigenvalue weighted by Gasteiger charge is 2.40. The van der Waals surface area contributed by atoms with E-state index >= 15 is 0 Å². The van der Waals surface area contributed by atoms with Gasteiger partial charge in [0.1, 0.15) is 18.0 Å². The molecule has 70 valence electrons. The van der Waals surface area contributed by atoms with E-state index in [9.17, 15) is 0 Å². The Labute approximate surface area is 82.4 Å². The summed E-state index contributed by atoms with van der Waals surface area (Å²) in [6.45, 7) is 3.40. The normalized spacial score (nSPS) is 25.7. The highest BCUT2D eigenvalue weighted by Crippen LogP contribution is 2.27. The van der Waals surface area contributed by atoms with Gasteiger partial charge in [-0.3, -0.25) is 0 Å². The molecule has 1 aromatic carbocycles. The van der Waals surface area contributed by atoms with Crippen molar-refractivity contribution in [2.75, 3.05) is 13.2 Å². The molecule has 1 aliphatic heterocycles. The van der Waals surface area contributed by atoms with E-state index in [1.165, 1.54) is 0 Å². The highest BCUT2D eigenvalue weighted by atomic mass is 35.5. The van der Waals surface area contributed by atoms with Crippen molar-refractivity contribution in [1.29, 1.82) is 0 Å². The van der Waals surface area contributed by atoms with Gasteiger partial charge in [-0.25, -0.2) is 0 Å². The van der Waals surface area contributed by atoms with Crippen LogP contribution in [0.15, 0.2) is 24.3 Å². The summed E-state index contributed by atoms with van der Waals surface area (Å²) < 4.78 is 10.7. The summed E-state index contributed by atoms with van der Waals surface area (Å²) in [5.41, 5.74) is -0.0671. The van der Waals surface area contributed by atoms with E-state index < -0.39 is 0 Å². The van der Waals surface area contributed by atoms with E-state index in [1.54, 1.807) is 6.07 Å². The van der Waals surface area contributed by atoms with Crippen molar-refractivity contribution in [1.82, 2.24) is 0 Å². The molecule has 1 atom stereocenters. The van der Waals surface area contributed by atoms with Crippen LogP contribution in [-0.4, -0.2) is 18.8 Å². The molecule has 2 rings (SSSR count). The zero-order chi connectivity index (χ0) is 9.31. The lowest BCUT2D eigenvalue weighted by molar-refractivity contribution is 0.202. The van der Waals surface area contributed by atoms with Crippen LogP contribution in [0.1, 0.15) is 6.92 Å². The van der Waals surface area contributed by atoms with Crippen molar-refractivity contribution in [3.8, 4) is 5.75 Å². The van der Waals surface area contributed by atoms with E-state index in [4.69, 9.17) is 21.1 Å². The van der Waals surface area contributed by atoms with Crippen LogP contribution in [0.25, 0.3) is 0 Å². The summed E-state index contributed by atoms with van der Waals surface area (Å²) in [5, 5.41) is 0.694. The van der Waals surface area contributed by atoms with E-state index in [0.29, 0.717) is 11.6 Å². The third kappa shape index (κ3) is 2.36. The maximum absolute atomic E-state index is 5.80. The van der Waals surface area contributed by atoms with Gasteiger partial charge in [-0.2, -0.15) is 0 Å². The lowest BCUT2D eigenvalue weighted by Gasteiger charge is -2.08. The second kappa shape index (κ2) is 3.20. The van der Waals surface area contributed by atoms with Gasteiger partial charge in [-0.15, -0.1) is 0 Å². The fourth-order valence-electron chi connectivity index (χ4n) is 0.999. The molecular formula is C10H11ClO2. The molecule has 13 heavy (non-hydrogen) atoms. The first-order valence-electron chi connectivity index (χ1n) is 4.20. The lowest BCUT2D eigenvalue weighted by Crippen LogP contribution is -2.16. The first-order chi connectivity index (χ1) is 6.18. The lowest BCUT2D eigenvalue weighted by atomic mass is 10.2. The fraction of sp³-hybridized carbons (Fsp3) is 0.400. The summed E-state index contributed by atoms with van der Waals surface area (Å²) in [6.07, 6.45) is 0. The third-order valence-corrected chi connectivity index (χ3v) is 2.21. The van der Waals surface area contributed by atoms with Crippen molar-refractivity contribution < 1.29 is 9.47 Å². The second-order valence-corrected chi connectivity index (χ2v) is 3.92. The molecule has 0 saturated carbocycles. The number of hydrogen-bond donors (Lipinski definition) is 0. The molecular weight excluding hydrogens is 188 g/mol. The molecule has 0 spiro atoms. The van der Waals surface area contributed by atoms with Crippen LogP contribution in [0.2, 0.25) is 5.02 Å². The molecule has 0 bridgehead atoms. The van der Waals surface area contributed by atoms with Gasteiger partial charge in [-0.1, -0.05) is 17.7 Å². The van der Waals surface area contributed by atoms with E-state index in [0.717, 1.165) is 12.4 Å². The minimum atomic E-state index is -0.0671. The molecule has 1 saturated heterocycles. The number of epoxide rings is 1. The Morgan fingerprint density at radius 1 is 1.62 bits per heavy atom. The number of halogens is 1. The van der Waals surface area contributed by atoms with E-state index in [-0.39, 0.29) is 5.60 Å². The number of rotatable bonds is 3. The smallest absolute Gasteiger partial charge is 0.123 e. The van der Waals surface area contributed by atoms with Crippen molar-refractivity contribution in [3.05, 3.63) is 29.3 Å². The van der Waals surface area contributed by atoms with Gasteiger partial charge >= 0.3 is 0 Å². The van der Waals surface area contributed by atoms with Gasteiger partial charge in [0.15, 0.2) is 0 Å². The summed E-state index contributed by atoms with van der Waals surface area (Å²) in [7, 11) is 0. The van der Waals surface area contributed by atoms with Crippen LogP contribution in [0, 0.1) is 0 Å². The Morgan fingerprint density at radius 2 is 2.38 bits per heavy atom. The van der Waals surface area contributed by atoms with Crippen LogP contribution >= 0.6 is 11.6 Å². The van der Waals surface area contributed by atoms with Gasteiger partial charge in [0.05, 0.1) is 6.61 Å². The molecule has 0 aliphatic carbocycles. The molecule has 1 heterocycles. The second-order valence-electron chi connectivity index (χ2n) is 3.48. The quantitative estimate of drug-likeness (QED) is 0.697. The van der Waals surface area contributed by atoms with E-state index in [2.05, 4.69) is 0 Å². The predicted molar refractivity (Wildman–Crippen MR) is 51.3 cm³/mol. The molecule has 2 nitrogen and oxygen atoms in total. The topological polar surface area (TPSA) is 21.8 Å². The fourth-order valence-corrected chi connectivity index (χ4v) is 1.18. The Morgan fingerprint density at radius 3 is 3.00 bits per heavy atom. The van der Waals surface area contributed by atoms with Crippen molar-refractivity contribution in [2.24, 2.45) is 0 Å². The number of ether oxygens (including phenoxy) is 2. The van der Waals surface area contributed by atoms with Gasteiger partial charge in [0.2, 0.25) is 0 Å². The Hall–Kier alpha value is -0.730. The maximum atomic E-state index is 5.80.